The number of hydrogen-bond acceptors (Lipinski definition) is 4. The second-order valence-corrected chi connectivity index (χ2v) is 12.8. The van der Waals surface area contributed by atoms with E-state index in [0.29, 0.717) is 30.1 Å². The van der Waals surface area contributed by atoms with Gasteiger partial charge in [0.1, 0.15) is 12.6 Å². The fourth-order valence-corrected chi connectivity index (χ4v) is 6.11. The molecular weight excluding hydrogens is 558 g/mol. The van der Waals surface area contributed by atoms with Crippen molar-refractivity contribution in [3.63, 3.8) is 0 Å². The Morgan fingerprint density at radius 1 is 0.927 bits per heavy atom. The van der Waals surface area contributed by atoms with Gasteiger partial charge in [-0.3, -0.25) is 13.9 Å². The zero-order valence-electron chi connectivity index (χ0n) is 24.4. The van der Waals surface area contributed by atoms with E-state index in [1.165, 1.54) is 9.21 Å². The first-order chi connectivity index (χ1) is 19.5. The van der Waals surface area contributed by atoms with E-state index in [2.05, 4.69) is 5.32 Å². The molecule has 0 spiro atoms. The maximum atomic E-state index is 14.2. The Hall–Kier alpha value is -3.36. The molecule has 0 aliphatic heterocycles. The SMILES string of the molecule is CCc1ccccc1N(CC(=O)N(Cc1ccc(Cl)cc1)C(CC)C(=O)NCC(C)C)S(=O)(=O)c1ccc(C)cc1. The number of hydrogen-bond donors (Lipinski definition) is 1. The standard InChI is InChI=1S/C32H40ClN3O4S/c1-6-26-10-8-9-11-30(26)36(41(39,40)28-18-12-24(5)13-19-28)22-31(37)35(21-25-14-16-27(33)17-15-25)29(7-2)32(38)34-20-23(3)4/h8-19,23,29H,6-7,20-22H2,1-5H3,(H,34,38). The van der Waals surface area contributed by atoms with Gasteiger partial charge < -0.3 is 10.2 Å². The molecule has 0 aromatic heterocycles. The molecule has 0 saturated carbocycles. The Balaban J connectivity index is 2.08. The Kier molecular flexibility index (Phi) is 11.4. The smallest absolute Gasteiger partial charge is 0.264 e. The second-order valence-electron chi connectivity index (χ2n) is 10.5. The number of para-hydroxylation sites is 1. The van der Waals surface area contributed by atoms with Crippen molar-refractivity contribution in [1.29, 1.82) is 0 Å². The number of amides is 2. The lowest BCUT2D eigenvalue weighted by Crippen LogP contribution is -2.52. The van der Waals surface area contributed by atoms with Crippen molar-refractivity contribution < 1.29 is 18.0 Å². The van der Waals surface area contributed by atoms with Crippen LogP contribution in [0.15, 0.2) is 77.7 Å². The molecule has 3 aromatic carbocycles. The van der Waals surface area contributed by atoms with Crippen LogP contribution < -0.4 is 9.62 Å². The highest BCUT2D eigenvalue weighted by atomic mass is 35.5. The molecular formula is C32H40ClN3O4S. The summed E-state index contributed by atoms with van der Waals surface area (Å²) < 4.78 is 29.3. The summed E-state index contributed by atoms with van der Waals surface area (Å²) >= 11 is 6.09. The lowest BCUT2D eigenvalue weighted by molar-refractivity contribution is -0.140. The largest absolute Gasteiger partial charge is 0.354 e. The lowest BCUT2D eigenvalue weighted by atomic mass is 10.1. The number of carbonyl (C=O) groups is 2. The zero-order chi connectivity index (χ0) is 30.2. The zero-order valence-corrected chi connectivity index (χ0v) is 26.0. The van der Waals surface area contributed by atoms with Gasteiger partial charge in [0.15, 0.2) is 0 Å². The number of anilines is 1. The first-order valence-corrected chi connectivity index (χ1v) is 15.8. The third-order valence-corrected chi connectivity index (χ3v) is 8.89. The van der Waals surface area contributed by atoms with E-state index in [9.17, 15) is 18.0 Å². The van der Waals surface area contributed by atoms with Crippen LogP contribution in [0, 0.1) is 12.8 Å². The number of nitrogens with one attached hydrogen (secondary N) is 1. The quantitative estimate of drug-likeness (QED) is 0.262. The van der Waals surface area contributed by atoms with Crippen molar-refractivity contribution in [3.8, 4) is 0 Å². The van der Waals surface area contributed by atoms with E-state index >= 15 is 0 Å². The Labute approximate surface area is 249 Å². The highest BCUT2D eigenvalue weighted by Gasteiger charge is 2.34. The molecule has 2 amide bonds. The lowest BCUT2D eigenvalue weighted by Gasteiger charge is -2.34. The van der Waals surface area contributed by atoms with Gasteiger partial charge in [0.25, 0.3) is 10.0 Å². The van der Waals surface area contributed by atoms with E-state index < -0.39 is 28.5 Å². The van der Waals surface area contributed by atoms with Crippen LogP contribution in [0.5, 0.6) is 0 Å². The van der Waals surface area contributed by atoms with Crippen molar-refractivity contribution in [2.24, 2.45) is 5.92 Å². The molecule has 41 heavy (non-hydrogen) atoms. The first kappa shape index (κ1) is 32.2. The monoisotopic (exact) mass is 597 g/mol. The average Bonchev–Trinajstić information content (AvgIpc) is 2.95. The summed E-state index contributed by atoms with van der Waals surface area (Å²) in [6, 6.07) is 20.0. The molecule has 3 rings (SSSR count). The van der Waals surface area contributed by atoms with E-state index in [-0.39, 0.29) is 23.3 Å². The van der Waals surface area contributed by atoms with Crippen LogP contribution in [-0.4, -0.2) is 44.3 Å². The first-order valence-electron chi connectivity index (χ1n) is 14.0. The molecule has 0 saturated heterocycles. The number of benzene rings is 3. The molecule has 220 valence electrons. The predicted octanol–water partition coefficient (Wildman–Crippen LogP) is 5.99. The summed E-state index contributed by atoms with van der Waals surface area (Å²) in [5, 5.41) is 3.50. The summed E-state index contributed by atoms with van der Waals surface area (Å²) in [5.74, 6) is -0.518. The minimum Gasteiger partial charge on any atom is -0.354 e. The molecule has 1 N–H and O–H groups in total. The second kappa shape index (κ2) is 14.5. The van der Waals surface area contributed by atoms with Crippen molar-refractivity contribution in [1.82, 2.24) is 10.2 Å². The van der Waals surface area contributed by atoms with E-state index in [1.54, 1.807) is 60.7 Å². The molecule has 0 bridgehead atoms. The maximum absolute atomic E-state index is 14.2. The fourth-order valence-electron chi connectivity index (χ4n) is 4.53. The molecule has 0 aliphatic rings. The number of aryl methyl sites for hydroxylation is 2. The molecule has 0 fully saturated rings. The minimum absolute atomic E-state index is 0.0905. The topological polar surface area (TPSA) is 86.8 Å². The van der Waals surface area contributed by atoms with E-state index in [1.807, 2.05) is 46.8 Å². The van der Waals surface area contributed by atoms with Crippen molar-refractivity contribution in [3.05, 3.63) is 94.5 Å². The van der Waals surface area contributed by atoms with Gasteiger partial charge in [0.05, 0.1) is 10.6 Å². The number of nitrogens with zero attached hydrogens (tertiary/aromatic N) is 2. The van der Waals surface area contributed by atoms with Gasteiger partial charge in [-0.1, -0.05) is 87.3 Å². The predicted molar refractivity (Wildman–Crippen MR) is 165 cm³/mol. The van der Waals surface area contributed by atoms with Gasteiger partial charge in [0, 0.05) is 18.1 Å². The highest BCUT2D eigenvalue weighted by Crippen LogP contribution is 2.28. The fraction of sp³-hybridized carbons (Fsp3) is 0.375. The third kappa shape index (κ3) is 8.33. The minimum atomic E-state index is -4.12. The Morgan fingerprint density at radius 3 is 2.15 bits per heavy atom. The Morgan fingerprint density at radius 2 is 1.56 bits per heavy atom. The van der Waals surface area contributed by atoms with Crippen LogP contribution in [0.3, 0.4) is 0 Å². The van der Waals surface area contributed by atoms with E-state index in [0.717, 1.165) is 16.7 Å². The van der Waals surface area contributed by atoms with Crippen LogP contribution >= 0.6 is 11.6 Å². The van der Waals surface area contributed by atoms with Crippen molar-refractivity contribution in [2.75, 3.05) is 17.4 Å². The molecule has 0 radical (unpaired) electrons. The molecule has 1 atom stereocenters. The van der Waals surface area contributed by atoms with E-state index in [4.69, 9.17) is 11.6 Å². The summed E-state index contributed by atoms with van der Waals surface area (Å²) in [6.07, 6.45) is 0.938. The van der Waals surface area contributed by atoms with Gasteiger partial charge in [-0.15, -0.1) is 0 Å². The van der Waals surface area contributed by atoms with Gasteiger partial charge in [-0.25, -0.2) is 8.42 Å². The normalized spacial score (nSPS) is 12.2. The van der Waals surface area contributed by atoms with Crippen LogP contribution in [-0.2, 0) is 32.6 Å². The van der Waals surface area contributed by atoms with Crippen LogP contribution in [0.2, 0.25) is 5.02 Å². The summed E-state index contributed by atoms with van der Waals surface area (Å²) in [7, 11) is -4.12. The summed E-state index contributed by atoms with van der Waals surface area (Å²) in [4.78, 5) is 29.1. The molecule has 9 heteroatoms. The summed E-state index contributed by atoms with van der Waals surface area (Å²) in [6.45, 7) is 9.79. The third-order valence-electron chi connectivity index (χ3n) is 6.87. The highest BCUT2D eigenvalue weighted by molar-refractivity contribution is 7.92. The van der Waals surface area contributed by atoms with Gasteiger partial charge in [-0.05, 0) is 67.1 Å². The van der Waals surface area contributed by atoms with Crippen LogP contribution in [0.1, 0.15) is 50.8 Å². The number of halogens is 1. The van der Waals surface area contributed by atoms with Crippen molar-refractivity contribution in [2.45, 2.75) is 64.9 Å². The van der Waals surface area contributed by atoms with Gasteiger partial charge >= 0.3 is 0 Å². The van der Waals surface area contributed by atoms with Crippen LogP contribution in [0.25, 0.3) is 0 Å². The van der Waals surface area contributed by atoms with Gasteiger partial charge in [-0.2, -0.15) is 0 Å². The average molecular weight is 598 g/mol. The van der Waals surface area contributed by atoms with Gasteiger partial charge in [0.2, 0.25) is 11.8 Å². The number of sulfonamides is 1. The molecule has 7 nitrogen and oxygen atoms in total. The van der Waals surface area contributed by atoms with Crippen molar-refractivity contribution >= 4 is 39.1 Å². The molecule has 0 aliphatic carbocycles. The summed E-state index contributed by atoms with van der Waals surface area (Å²) in [5.41, 5.74) is 2.93. The van der Waals surface area contributed by atoms with Crippen LogP contribution in [0.4, 0.5) is 5.69 Å². The number of carbonyl (C=O) groups excluding carboxylic acids is 2. The number of rotatable bonds is 13. The molecule has 3 aromatic rings. The molecule has 1 unspecified atom stereocenters. The molecule has 0 heterocycles. The maximum Gasteiger partial charge on any atom is 0.264 e. The Bertz CT molecular complexity index is 1420.